The lowest BCUT2D eigenvalue weighted by molar-refractivity contribution is -0.117. The van der Waals surface area contributed by atoms with Crippen LogP contribution in [0.3, 0.4) is 0 Å². The summed E-state index contributed by atoms with van der Waals surface area (Å²) in [6.07, 6.45) is 1.47. The van der Waals surface area contributed by atoms with E-state index in [-0.39, 0.29) is 11.8 Å². The highest BCUT2D eigenvalue weighted by atomic mass is 16.5. The predicted molar refractivity (Wildman–Crippen MR) is 120 cm³/mol. The minimum atomic E-state index is -0.260. The van der Waals surface area contributed by atoms with Crippen molar-refractivity contribution in [2.45, 2.75) is 12.8 Å². The molecule has 0 radical (unpaired) electrons. The van der Waals surface area contributed by atoms with Crippen molar-refractivity contribution in [3.8, 4) is 11.5 Å². The van der Waals surface area contributed by atoms with E-state index in [9.17, 15) is 9.59 Å². The van der Waals surface area contributed by atoms with Crippen molar-refractivity contribution < 1.29 is 19.1 Å². The Balaban J connectivity index is 1.34. The number of carbonyl (C=O) groups is 2. The summed E-state index contributed by atoms with van der Waals surface area (Å²) in [5.41, 5.74) is 1.95. The molecule has 0 spiro atoms. The van der Waals surface area contributed by atoms with E-state index in [2.05, 4.69) is 5.32 Å². The van der Waals surface area contributed by atoms with Gasteiger partial charge in [0.15, 0.2) is 0 Å². The van der Waals surface area contributed by atoms with Gasteiger partial charge in [-0.1, -0.05) is 30.3 Å². The first-order valence-corrected chi connectivity index (χ1v) is 10.3. The fourth-order valence-corrected chi connectivity index (χ4v) is 3.45. The van der Waals surface area contributed by atoms with Gasteiger partial charge in [-0.15, -0.1) is 0 Å². The molecule has 31 heavy (non-hydrogen) atoms. The number of ether oxygens (including phenoxy) is 2. The van der Waals surface area contributed by atoms with Crippen molar-refractivity contribution in [1.29, 1.82) is 0 Å². The van der Waals surface area contributed by atoms with Crippen LogP contribution in [-0.2, 0) is 4.79 Å². The Labute approximate surface area is 181 Å². The van der Waals surface area contributed by atoms with Gasteiger partial charge in [0.05, 0.1) is 5.56 Å². The van der Waals surface area contributed by atoms with Crippen LogP contribution in [0.2, 0.25) is 0 Å². The third-order valence-corrected chi connectivity index (χ3v) is 4.99. The van der Waals surface area contributed by atoms with E-state index in [0.717, 1.165) is 24.4 Å². The van der Waals surface area contributed by atoms with E-state index in [4.69, 9.17) is 9.47 Å². The molecule has 2 amide bonds. The van der Waals surface area contributed by atoms with Gasteiger partial charge in [-0.25, -0.2) is 0 Å². The summed E-state index contributed by atoms with van der Waals surface area (Å²) >= 11 is 0. The Hall–Kier alpha value is -3.80. The molecule has 0 unspecified atom stereocenters. The van der Waals surface area contributed by atoms with E-state index in [1.54, 1.807) is 35.2 Å². The van der Waals surface area contributed by atoms with Crippen LogP contribution in [-0.4, -0.2) is 31.6 Å². The standard InChI is InChI=1S/C25H24N2O4/c28-24-11-6-16-27(24)20-14-12-19(13-15-20)26-25(29)22-9-4-5-10-23(22)31-18-17-30-21-7-2-1-3-8-21/h1-5,7-10,12-15H,6,11,16-18H2,(H,26,29). The summed E-state index contributed by atoms with van der Waals surface area (Å²) in [4.78, 5) is 26.4. The summed E-state index contributed by atoms with van der Waals surface area (Å²) in [5, 5.41) is 2.89. The number of benzene rings is 3. The molecule has 6 heteroatoms. The Morgan fingerprint density at radius 3 is 2.32 bits per heavy atom. The second-order valence-electron chi connectivity index (χ2n) is 7.16. The second kappa shape index (κ2) is 9.80. The van der Waals surface area contributed by atoms with Crippen molar-refractivity contribution >= 4 is 23.2 Å². The molecule has 0 atom stereocenters. The monoisotopic (exact) mass is 416 g/mol. The van der Waals surface area contributed by atoms with Crippen LogP contribution >= 0.6 is 0 Å². The Morgan fingerprint density at radius 2 is 1.58 bits per heavy atom. The summed E-state index contributed by atoms with van der Waals surface area (Å²) in [7, 11) is 0. The minimum absolute atomic E-state index is 0.138. The number of carbonyl (C=O) groups excluding carboxylic acids is 2. The largest absolute Gasteiger partial charge is 0.490 e. The molecule has 1 aliphatic rings. The quantitative estimate of drug-likeness (QED) is 0.548. The molecule has 0 aromatic heterocycles. The van der Waals surface area contributed by atoms with Crippen LogP contribution < -0.4 is 19.7 Å². The zero-order valence-corrected chi connectivity index (χ0v) is 17.1. The molecule has 0 aliphatic carbocycles. The van der Waals surface area contributed by atoms with Crippen LogP contribution in [0.1, 0.15) is 23.2 Å². The summed E-state index contributed by atoms with van der Waals surface area (Å²) < 4.78 is 11.4. The second-order valence-corrected chi connectivity index (χ2v) is 7.16. The first kappa shape index (κ1) is 20.5. The molecule has 158 valence electrons. The number of nitrogens with one attached hydrogen (secondary N) is 1. The third kappa shape index (κ3) is 5.22. The van der Waals surface area contributed by atoms with Crippen molar-refractivity contribution in [2.75, 3.05) is 30.0 Å². The van der Waals surface area contributed by atoms with Gasteiger partial charge in [0.25, 0.3) is 5.91 Å². The van der Waals surface area contributed by atoms with E-state index in [1.165, 1.54) is 0 Å². The van der Waals surface area contributed by atoms with Crippen LogP contribution in [0.4, 0.5) is 11.4 Å². The van der Waals surface area contributed by atoms with Gasteiger partial charge in [-0.05, 0) is 55.0 Å². The Bertz CT molecular complexity index is 1030. The summed E-state index contributed by atoms with van der Waals surface area (Å²) in [6.45, 7) is 1.43. The number of para-hydroxylation sites is 2. The lowest BCUT2D eigenvalue weighted by Crippen LogP contribution is -2.23. The van der Waals surface area contributed by atoms with Crippen molar-refractivity contribution in [3.63, 3.8) is 0 Å². The smallest absolute Gasteiger partial charge is 0.259 e. The normalized spacial score (nSPS) is 13.2. The van der Waals surface area contributed by atoms with E-state index in [0.29, 0.717) is 36.6 Å². The topological polar surface area (TPSA) is 67.9 Å². The van der Waals surface area contributed by atoms with Crippen molar-refractivity contribution in [2.24, 2.45) is 0 Å². The molecule has 0 saturated carbocycles. The molecule has 1 aliphatic heterocycles. The number of hydrogen-bond donors (Lipinski definition) is 1. The predicted octanol–water partition coefficient (Wildman–Crippen LogP) is 4.52. The molecule has 1 fully saturated rings. The maximum absolute atomic E-state index is 12.8. The first-order chi connectivity index (χ1) is 15.2. The molecule has 4 rings (SSSR count). The van der Waals surface area contributed by atoms with Gasteiger partial charge in [-0.2, -0.15) is 0 Å². The van der Waals surface area contributed by atoms with Crippen molar-refractivity contribution in [3.05, 3.63) is 84.4 Å². The van der Waals surface area contributed by atoms with Crippen LogP contribution in [0, 0.1) is 0 Å². The molecule has 6 nitrogen and oxygen atoms in total. The summed E-state index contributed by atoms with van der Waals surface area (Å²) in [5.74, 6) is 1.15. The zero-order chi connectivity index (χ0) is 21.5. The van der Waals surface area contributed by atoms with E-state index in [1.807, 2.05) is 48.5 Å². The van der Waals surface area contributed by atoms with E-state index >= 15 is 0 Å². The van der Waals surface area contributed by atoms with Crippen LogP contribution in [0.5, 0.6) is 11.5 Å². The SMILES string of the molecule is O=C(Nc1ccc(N2CCCC2=O)cc1)c1ccccc1OCCOc1ccccc1. The lowest BCUT2D eigenvalue weighted by Gasteiger charge is -2.16. The fraction of sp³-hybridized carbons (Fsp3) is 0.200. The van der Waals surface area contributed by atoms with Gasteiger partial charge >= 0.3 is 0 Å². The molecule has 3 aromatic carbocycles. The highest BCUT2D eigenvalue weighted by molar-refractivity contribution is 6.06. The molecule has 3 aromatic rings. The molecule has 1 saturated heterocycles. The minimum Gasteiger partial charge on any atom is -0.490 e. The lowest BCUT2D eigenvalue weighted by atomic mass is 10.1. The van der Waals surface area contributed by atoms with Gasteiger partial charge in [-0.3, -0.25) is 9.59 Å². The zero-order valence-electron chi connectivity index (χ0n) is 17.1. The molecular weight excluding hydrogens is 392 g/mol. The fourth-order valence-electron chi connectivity index (χ4n) is 3.45. The number of nitrogens with zero attached hydrogens (tertiary/aromatic N) is 1. The number of anilines is 2. The molecular formula is C25H24N2O4. The van der Waals surface area contributed by atoms with E-state index < -0.39 is 0 Å². The van der Waals surface area contributed by atoms with Gasteiger partial charge < -0.3 is 19.7 Å². The third-order valence-electron chi connectivity index (χ3n) is 4.99. The number of hydrogen-bond acceptors (Lipinski definition) is 4. The average Bonchev–Trinajstić information content (AvgIpc) is 3.24. The molecule has 0 bridgehead atoms. The van der Waals surface area contributed by atoms with Crippen LogP contribution in [0.25, 0.3) is 0 Å². The molecule has 1 heterocycles. The van der Waals surface area contributed by atoms with Crippen molar-refractivity contribution in [1.82, 2.24) is 0 Å². The highest BCUT2D eigenvalue weighted by Crippen LogP contribution is 2.24. The Morgan fingerprint density at radius 1 is 0.871 bits per heavy atom. The number of amides is 2. The molecule has 1 N–H and O–H groups in total. The summed E-state index contributed by atoms with van der Waals surface area (Å²) in [6, 6.07) is 23.9. The number of rotatable bonds is 8. The first-order valence-electron chi connectivity index (χ1n) is 10.3. The van der Waals surface area contributed by atoms with Gasteiger partial charge in [0, 0.05) is 24.3 Å². The Kier molecular flexibility index (Phi) is 6.47. The van der Waals surface area contributed by atoms with Crippen LogP contribution in [0.15, 0.2) is 78.9 Å². The average molecular weight is 416 g/mol. The highest BCUT2D eigenvalue weighted by Gasteiger charge is 2.21. The van der Waals surface area contributed by atoms with Gasteiger partial charge in [0.1, 0.15) is 24.7 Å². The van der Waals surface area contributed by atoms with Gasteiger partial charge in [0.2, 0.25) is 5.91 Å². The maximum Gasteiger partial charge on any atom is 0.259 e. The maximum atomic E-state index is 12.8.